The Hall–Kier alpha value is -1.16. The van der Waals surface area contributed by atoms with E-state index in [4.69, 9.17) is 11.6 Å². The summed E-state index contributed by atoms with van der Waals surface area (Å²) in [4.78, 5) is 13.7. The highest BCUT2D eigenvalue weighted by Crippen LogP contribution is 2.26. The van der Waals surface area contributed by atoms with E-state index < -0.39 is 4.92 Å². The summed E-state index contributed by atoms with van der Waals surface area (Å²) in [6.07, 6.45) is 0. The summed E-state index contributed by atoms with van der Waals surface area (Å²) >= 11 is 5.58. The van der Waals surface area contributed by atoms with Crippen LogP contribution >= 0.6 is 11.6 Å². The molecule has 1 rings (SSSR count). The molecule has 0 unspecified atom stereocenters. The molecule has 0 radical (unpaired) electrons. The maximum absolute atomic E-state index is 10.4. The molecule has 5 heteroatoms. The Morgan fingerprint density at radius 1 is 1.58 bits per heavy atom. The molecule has 0 atom stereocenters. The largest absolute Gasteiger partial charge is 0.309 e. The topological polar surface area (TPSA) is 56.0 Å². The molecule has 0 amide bonds. The molecule has 1 aromatic heterocycles. The highest BCUT2D eigenvalue weighted by Gasteiger charge is 2.17. The van der Waals surface area contributed by atoms with E-state index in [9.17, 15) is 10.1 Å². The van der Waals surface area contributed by atoms with Crippen LogP contribution < -0.4 is 0 Å². The van der Waals surface area contributed by atoms with Crippen molar-refractivity contribution >= 4 is 17.3 Å². The summed E-state index contributed by atoms with van der Waals surface area (Å²) in [5.41, 5.74) is 1.11. The number of pyridine rings is 1. The molecular formula is C7H7ClN2O2. The first-order valence-corrected chi connectivity index (χ1v) is 3.68. The van der Waals surface area contributed by atoms with Crippen molar-refractivity contribution in [3.63, 3.8) is 0 Å². The van der Waals surface area contributed by atoms with Crippen LogP contribution in [0.2, 0.25) is 5.15 Å². The average Bonchev–Trinajstić information content (AvgIpc) is 1.82. The van der Waals surface area contributed by atoms with Gasteiger partial charge in [0.05, 0.1) is 4.92 Å². The smallest absolute Gasteiger partial charge is 0.258 e. The molecule has 0 aliphatic carbocycles. The lowest BCUT2D eigenvalue weighted by molar-refractivity contribution is -0.385. The first-order valence-electron chi connectivity index (χ1n) is 3.30. The van der Waals surface area contributed by atoms with Crippen LogP contribution in [-0.2, 0) is 0 Å². The molecule has 0 saturated carbocycles. The minimum atomic E-state index is -0.524. The maximum Gasteiger partial charge on any atom is 0.309 e. The third-order valence-corrected chi connectivity index (χ3v) is 1.71. The monoisotopic (exact) mass is 186 g/mol. The number of hydrogen-bond donors (Lipinski definition) is 0. The number of nitro groups is 1. The van der Waals surface area contributed by atoms with Gasteiger partial charge in [0.15, 0.2) is 0 Å². The predicted octanol–water partition coefficient (Wildman–Crippen LogP) is 2.26. The van der Waals surface area contributed by atoms with Gasteiger partial charge in [0.2, 0.25) is 5.15 Å². The van der Waals surface area contributed by atoms with Crippen LogP contribution in [0.5, 0.6) is 0 Å². The summed E-state index contributed by atoms with van der Waals surface area (Å²) < 4.78 is 0. The van der Waals surface area contributed by atoms with E-state index in [0.29, 0.717) is 11.3 Å². The van der Waals surface area contributed by atoms with Crippen LogP contribution in [0.15, 0.2) is 6.07 Å². The van der Waals surface area contributed by atoms with Crippen molar-refractivity contribution in [3.05, 3.63) is 32.6 Å². The normalized spacial score (nSPS) is 9.92. The van der Waals surface area contributed by atoms with Crippen LogP contribution in [0.4, 0.5) is 5.69 Å². The molecule has 0 aromatic carbocycles. The number of aryl methyl sites for hydroxylation is 2. The van der Waals surface area contributed by atoms with Crippen LogP contribution in [0.1, 0.15) is 11.3 Å². The van der Waals surface area contributed by atoms with Crippen molar-refractivity contribution in [2.45, 2.75) is 13.8 Å². The van der Waals surface area contributed by atoms with E-state index in [1.165, 1.54) is 0 Å². The molecule has 0 aliphatic rings. The minimum absolute atomic E-state index is 0.0440. The fourth-order valence-corrected chi connectivity index (χ4v) is 1.36. The summed E-state index contributed by atoms with van der Waals surface area (Å²) in [6, 6.07) is 1.63. The summed E-state index contributed by atoms with van der Waals surface area (Å²) in [5, 5.41) is 10.4. The standard InChI is InChI=1S/C7H7ClN2O2/c1-4-3-5(2)9-7(8)6(4)10(11)12/h3H,1-2H3. The van der Waals surface area contributed by atoms with Gasteiger partial charge in [-0.1, -0.05) is 11.6 Å². The third-order valence-electron chi connectivity index (χ3n) is 1.45. The van der Waals surface area contributed by atoms with Gasteiger partial charge in [0.25, 0.3) is 0 Å². The number of nitrogens with zero attached hydrogens (tertiary/aromatic N) is 2. The van der Waals surface area contributed by atoms with Crippen LogP contribution in [0.25, 0.3) is 0 Å². The number of halogens is 1. The number of rotatable bonds is 1. The number of aromatic nitrogens is 1. The third kappa shape index (κ3) is 1.53. The zero-order valence-electron chi connectivity index (χ0n) is 6.67. The lowest BCUT2D eigenvalue weighted by Gasteiger charge is -1.99. The molecule has 0 spiro atoms. The quantitative estimate of drug-likeness (QED) is 0.384. The summed E-state index contributed by atoms with van der Waals surface area (Å²) in [7, 11) is 0. The molecule has 1 heterocycles. The molecule has 0 aliphatic heterocycles. The Morgan fingerprint density at radius 2 is 2.17 bits per heavy atom. The first-order chi connectivity index (χ1) is 5.52. The fourth-order valence-electron chi connectivity index (χ4n) is 1.00. The van der Waals surface area contributed by atoms with Gasteiger partial charge in [-0.15, -0.1) is 0 Å². The number of hydrogen-bond acceptors (Lipinski definition) is 3. The molecule has 0 N–H and O–H groups in total. The van der Waals surface area contributed by atoms with Crippen LogP contribution in [0, 0.1) is 24.0 Å². The molecule has 1 aromatic rings. The van der Waals surface area contributed by atoms with Crippen molar-refractivity contribution in [2.24, 2.45) is 0 Å². The second kappa shape index (κ2) is 3.06. The predicted molar refractivity (Wildman–Crippen MR) is 45.4 cm³/mol. The van der Waals surface area contributed by atoms with Gasteiger partial charge in [-0.05, 0) is 19.9 Å². The van der Waals surface area contributed by atoms with Crippen molar-refractivity contribution < 1.29 is 4.92 Å². The summed E-state index contributed by atoms with van der Waals surface area (Å²) in [6.45, 7) is 3.38. The van der Waals surface area contributed by atoms with Gasteiger partial charge in [0, 0.05) is 11.3 Å². The summed E-state index contributed by atoms with van der Waals surface area (Å²) in [5.74, 6) is 0. The van der Waals surface area contributed by atoms with Gasteiger partial charge in [0.1, 0.15) is 0 Å². The zero-order valence-corrected chi connectivity index (χ0v) is 7.42. The minimum Gasteiger partial charge on any atom is -0.258 e. The van der Waals surface area contributed by atoms with Gasteiger partial charge >= 0.3 is 5.69 Å². The molecule has 4 nitrogen and oxygen atoms in total. The Morgan fingerprint density at radius 3 is 2.58 bits per heavy atom. The van der Waals surface area contributed by atoms with E-state index in [-0.39, 0.29) is 10.8 Å². The first kappa shape index (κ1) is 8.93. The van der Waals surface area contributed by atoms with Gasteiger partial charge < -0.3 is 0 Å². The fraction of sp³-hybridized carbons (Fsp3) is 0.286. The van der Waals surface area contributed by atoms with Crippen molar-refractivity contribution in [1.82, 2.24) is 4.98 Å². The average molecular weight is 187 g/mol. The highest BCUT2D eigenvalue weighted by molar-refractivity contribution is 6.31. The maximum atomic E-state index is 10.4. The molecule has 12 heavy (non-hydrogen) atoms. The van der Waals surface area contributed by atoms with Gasteiger partial charge in [-0.25, -0.2) is 4.98 Å². The molecule has 0 bridgehead atoms. The van der Waals surface area contributed by atoms with E-state index in [2.05, 4.69) is 4.98 Å². The van der Waals surface area contributed by atoms with Crippen molar-refractivity contribution in [2.75, 3.05) is 0 Å². The van der Waals surface area contributed by atoms with Gasteiger partial charge in [-0.2, -0.15) is 0 Å². The lowest BCUT2D eigenvalue weighted by Crippen LogP contribution is -1.96. The highest BCUT2D eigenvalue weighted by atomic mass is 35.5. The Kier molecular flexibility index (Phi) is 2.28. The second-order valence-electron chi connectivity index (χ2n) is 2.48. The zero-order chi connectivity index (χ0) is 9.30. The van der Waals surface area contributed by atoms with Crippen LogP contribution in [-0.4, -0.2) is 9.91 Å². The van der Waals surface area contributed by atoms with Crippen molar-refractivity contribution in [3.8, 4) is 0 Å². The Bertz CT molecular complexity index is 315. The Balaban J connectivity index is 3.38. The van der Waals surface area contributed by atoms with Gasteiger partial charge in [-0.3, -0.25) is 10.1 Å². The van der Waals surface area contributed by atoms with E-state index in [0.717, 1.165) is 0 Å². The van der Waals surface area contributed by atoms with E-state index in [1.54, 1.807) is 19.9 Å². The SMILES string of the molecule is Cc1cc(C)c([N+](=O)[O-])c(Cl)n1. The molecule has 0 saturated heterocycles. The molecule has 64 valence electrons. The van der Waals surface area contributed by atoms with E-state index >= 15 is 0 Å². The molecular weight excluding hydrogens is 180 g/mol. The lowest BCUT2D eigenvalue weighted by atomic mass is 10.2. The van der Waals surface area contributed by atoms with E-state index in [1.807, 2.05) is 0 Å². The van der Waals surface area contributed by atoms with Crippen molar-refractivity contribution in [1.29, 1.82) is 0 Å². The molecule has 0 fully saturated rings. The Labute approximate surface area is 74.3 Å². The second-order valence-corrected chi connectivity index (χ2v) is 2.84. The van der Waals surface area contributed by atoms with Crippen LogP contribution in [0.3, 0.4) is 0 Å².